The van der Waals surface area contributed by atoms with Crippen LogP contribution in [0.15, 0.2) is 36.5 Å². The first kappa shape index (κ1) is 19.8. The van der Waals surface area contributed by atoms with Crippen molar-refractivity contribution in [3.63, 3.8) is 0 Å². The Hall–Kier alpha value is -2.51. The average molecular weight is 418 g/mol. The Morgan fingerprint density at radius 2 is 2.00 bits per heavy atom. The number of rotatable bonds is 6. The number of hydrogen-bond donors (Lipinski definition) is 1. The van der Waals surface area contributed by atoms with Gasteiger partial charge in [0.1, 0.15) is 18.2 Å². The van der Waals surface area contributed by atoms with Crippen molar-refractivity contribution in [2.24, 2.45) is 5.92 Å². The minimum atomic E-state index is -0.0309. The second-order valence-corrected chi connectivity index (χ2v) is 7.63. The zero-order valence-corrected chi connectivity index (χ0v) is 16.9. The topological polar surface area (TPSA) is 72.9 Å². The van der Waals surface area contributed by atoms with Gasteiger partial charge in [-0.05, 0) is 56.1 Å². The van der Waals surface area contributed by atoms with Crippen molar-refractivity contribution in [1.82, 2.24) is 9.88 Å². The molecule has 0 spiro atoms. The number of nitrogens with zero attached hydrogens (tertiary/aromatic N) is 2. The molecule has 1 aromatic carbocycles. The normalized spacial score (nSPS) is 17.0. The van der Waals surface area contributed by atoms with Gasteiger partial charge in [-0.1, -0.05) is 11.6 Å². The molecule has 2 aromatic rings. The number of amides is 1. The fourth-order valence-electron chi connectivity index (χ4n) is 3.51. The molecule has 2 aliphatic heterocycles. The van der Waals surface area contributed by atoms with Gasteiger partial charge in [0, 0.05) is 18.0 Å². The third-order valence-corrected chi connectivity index (χ3v) is 5.37. The molecule has 0 atom stereocenters. The van der Waals surface area contributed by atoms with Gasteiger partial charge in [0.2, 0.25) is 11.8 Å². The van der Waals surface area contributed by atoms with Gasteiger partial charge in [0.25, 0.3) is 0 Å². The molecule has 0 radical (unpaired) electrons. The third kappa shape index (κ3) is 5.31. The summed E-state index contributed by atoms with van der Waals surface area (Å²) in [5.41, 5.74) is 0.717. The van der Waals surface area contributed by atoms with E-state index >= 15 is 0 Å². The van der Waals surface area contributed by atoms with Crippen LogP contribution >= 0.6 is 11.6 Å². The van der Waals surface area contributed by atoms with Gasteiger partial charge in [-0.2, -0.15) is 0 Å². The number of carbonyl (C=O) groups is 1. The third-order valence-electron chi connectivity index (χ3n) is 5.08. The largest absolute Gasteiger partial charge is 0.486 e. The minimum absolute atomic E-state index is 0.0309. The maximum Gasteiger partial charge on any atom is 0.238 e. The first-order valence-electron chi connectivity index (χ1n) is 9.82. The van der Waals surface area contributed by atoms with Gasteiger partial charge >= 0.3 is 0 Å². The molecule has 0 unspecified atom stereocenters. The number of benzene rings is 1. The number of piperidine rings is 1. The molecule has 0 bridgehead atoms. The van der Waals surface area contributed by atoms with Crippen LogP contribution in [0.4, 0.5) is 5.69 Å². The van der Waals surface area contributed by atoms with Crippen LogP contribution < -0.4 is 19.5 Å². The monoisotopic (exact) mass is 417 g/mol. The predicted molar refractivity (Wildman–Crippen MR) is 110 cm³/mol. The Morgan fingerprint density at radius 1 is 1.21 bits per heavy atom. The lowest BCUT2D eigenvalue weighted by molar-refractivity contribution is -0.117. The van der Waals surface area contributed by atoms with Gasteiger partial charge in [0.05, 0.1) is 13.2 Å². The summed E-state index contributed by atoms with van der Waals surface area (Å²) in [6.07, 6.45) is 3.62. The van der Waals surface area contributed by atoms with Crippen LogP contribution in [0.1, 0.15) is 12.8 Å². The van der Waals surface area contributed by atoms with Crippen molar-refractivity contribution in [2.75, 3.05) is 44.8 Å². The molecule has 1 aromatic heterocycles. The van der Waals surface area contributed by atoms with Crippen LogP contribution in [-0.4, -0.2) is 55.2 Å². The van der Waals surface area contributed by atoms with Crippen molar-refractivity contribution in [3.8, 4) is 17.4 Å². The Morgan fingerprint density at radius 3 is 2.79 bits per heavy atom. The maximum absolute atomic E-state index is 12.4. The molecule has 29 heavy (non-hydrogen) atoms. The number of halogens is 1. The highest BCUT2D eigenvalue weighted by Gasteiger charge is 2.22. The number of carbonyl (C=O) groups excluding carboxylic acids is 1. The smallest absolute Gasteiger partial charge is 0.238 e. The predicted octanol–water partition coefficient (Wildman–Crippen LogP) is 3.24. The van der Waals surface area contributed by atoms with Crippen LogP contribution in [0, 0.1) is 5.92 Å². The van der Waals surface area contributed by atoms with Crippen LogP contribution in [-0.2, 0) is 4.79 Å². The van der Waals surface area contributed by atoms with Gasteiger partial charge in [-0.3, -0.25) is 9.69 Å². The average Bonchev–Trinajstić information content (AvgIpc) is 2.74. The quantitative estimate of drug-likeness (QED) is 0.777. The number of likely N-dealkylation sites (tertiary alicyclic amines) is 1. The lowest BCUT2D eigenvalue weighted by Crippen LogP contribution is -2.40. The molecule has 7 nitrogen and oxygen atoms in total. The van der Waals surface area contributed by atoms with E-state index in [-0.39, 0.29) is 5.91 Å². The highest BCUT2D eigenvalue weighted by Crippen LogP contribution is 2.32. The number of anilines is 1. The van der Waals surface area contributed by atoms with E-state index in [1.54, 1.807) is 24.4 Å². The summed E-state index contributed by atoms with van der Waals surface area (Å²) in [5, 5.41) is 3.47. The molecule has 3 heterocycles. The Bertz CT molecular complexity index is 856. The Kier molecular flexibility index (Phi) is 6.36. The first-order chi connectivity index (χ1) is 14.2. The molecule has 0 saturated carbocycles. The van der Waals surface area contributed by atoms with E-state index in [0.29, 0.717) is 54.7 Å². The van der Waals surface area contributed by atoms with Crippen molar-refractivity contribution in [2.45, 2.75) is 12.8 Å². The number of ether oxygens (including phenoxy) is 3. The lowest BCUT2D eigenvalue weighted by Gasteiger charge is -2.31. The summed E-state index contributed by atoms with van der Waals surface area (Å²) >= 11 is 6.07. The van der Waals surface area contributed by atoms with E-state index < -0.39 is 0 Å². The number of aromatic nitrogens is 1. The molecule has 1 fully saturated rings. The summed E-state index contributed by atoms with van der Waals surface area (Å²) in [6, 6.07) is 9.01. The molecule has 4 rings (SSSR count). The molecule has 8 heteroatoms. The van der Waals surface area contributed by atoms with Crippen molar-refractivity contribution >= 4 is 23.2 Å². The van der Waals surface area contributed by atoms with E-state index in [2.05, 4.69) is 15.2 Å². The van der Waals surface area contributed by atoms with Gasteiger partial charge in [0.15, 0.2) is 11.5 Å². The fraction of sp³-hybridized carbons (Fsp3) is 0.429. The molecule has 2 aliphatic rings. The van der Waals surface area contributed by atoms with Gasteiger partial charge < -0.3 is 19.5 Å². The van der Waals surface area contributed by atoms with E-state index in [4.69, 9.17) is 25.8 Å². The van der Waals surface area contributed by atoms with E-state index in [1.165, 1.54) is 0 Å². The second-order valence-electron chi connectivity index (χ2n) is 7.23. The van der Waals surface area contributed by atoms with Crippen LogP contribution in [0.3, 0.4) is 0 Å². The molecule has 1 amide bonds. The standard InChI is InChI=1S/C21H24ClN3O4/c22-17-2-1-7-23-21(17)29-14-15-5-8-25(9-6-15)13-20(26)24-16-3-4-18-19(12-16)28-11-10-27-18/h1-4,7,12,15H,5-6,8-11,13-14H2,(H,24,26). The van der Waals surface area contributed by atoms with Crippen LogP contribution in [0.5, 0.6) is 17.4 Å². The second kappa shape index (κ2) is 9.33. The van der Waals surface area contributed by atoms with E-state index in [1.807, 2.05) is 12.1 Å². The van der Waals surface area contributed by atoms with E-state index in [9.17, 15) is 4.79 Å². The first-order valence-corrected chi connectivity index (χ1v) is 10.2. The highest BCUT2D eigenvalue weighted by molar-refractivity contribution is 6.31. The maximum atomic E-state index is 12.4. The van der Waals surface area contributed by atoms with E-state index in [0.717, 1.165) is 31.6 Å². The molecule has 1 saturated heterocycles. The minimum Gasteiger partial charge on any atom is -0.486 e. The number of hydrogen-bond acceptors (Lipinski definition) is 6. The molecular weight excluding hydrogens is 394 g/mol. The highest BCUT2D eigenvalue weighted by atomic mass is 35.5. The molecular formula is C21H24ClN3O4. The fourth-order valence-corrected chi connectivity index (χ4v) is 3.69. The van der Waals surface area contributed by atoms with Gasteiger partial charge in [-0.15, -0.1) is 0 Å². The van der Waals surface area contributed by atoms with Crippen LogP contribution in [0.2, 0.25) is 5.02 Å². The lowest BCUT2D eigenvalue weighted by atomic mass is 9.98. The van der Waals surface area contributed by atoms with Crippen LogP contribution in [0.25, 0.3) is 0 Å². The Labute approximate surface area is 174 Å². The summed E-state index contributed by atoms with van der Waals surface area (Å²) in [7, 11) is 0. The number of fused-ring (bicyclic) bond motifs is 1. The van der Waals surface area contributed by atoms with Crippen molar-refractivity contribution < 1.29 is 19.0 Å². The molecule has 1 N–H and O–H groups in total. The van der Waals surface area contributed by atoms with Crippen molar-refractivity contribution in [1.29, 1.82) is 0 Å². The zero-order valence-electron chi connectivity index (χ0n) is 16.1. The molecule has 0 aliphatic carbocycles. The SMILES string of the molecule is O=C(CN1CCC(COc2ncccc2Cl)CC1)Nc1ccc2c(c1)OCCO2. The number of nitrogens with one attached hydrogen (secondary N) is 1. The summed E-state index contributed by atoms with van der Waals surface area (Å²) in [6.45, 7) is 3.75. The summed E-state index contributed by atoms with van der Waals surface area (Å²) in [5.74, 6) is 2.27. The van der Waals surface area contributed by atoms with Gasteiger partial charge in [-0.25, -0.2) is 4.98 Å². The number of pyridine rings is 1. The Balaban J connectivity index is 1.20. The van der Waals surface area contributed by atoms with Crippen molar-refractivity contribution in [3.05, 3.63) is 41.6 Å². The summed E-state index contributed by atoms with van der Waals surface area (Å²) < 4.78 is 16.8. The zero-order chi connectivity index (χ0) is 20.1. The molecule has 154 valence electrons. The summed E-state index contributed by atoms with van der Waals surface area (Å²) in [4.78, 5) is 18.7.